The van der Waals surface area contributed by atoms with Crippen LogP contribution < -0.4 is 16.0 Å². The number of primary amides is 1. The van der Waals surface area contributed by atoms with Gasteiger partial charge in [0.2, 0.25) is 5.91 Å². The minimum absolute atomic E-state index is 0.192. The molecule has 3 N–H and O–H groups in total. The zero-order valence-corrected chi connectivity index (χ0v) is 12.0. The van der Waals surface area contributed by atoms with E-state index in [0.29, 0.717) is 12.1 Å². The van der Waals surface area contributed by atoms with Crippen molar-refractivity contribution in [3.05, 3.63) is 29.8 Å². The molecule has 4 heteroatoms. The molecule has 1 aromatic carbocycles. The average Bonchev–Trinajstić information content (AvgIpc) is 3.17. The summed E-state index contributed by atoms with van der Waals surface area (Å²) in [7, 11) is 0. The summed E-state index contributed by atoms with van der Waals surface area (Å²) in [6, 6.07) is 9.36. The Morgan fingerprint density at radius 1 is 1.45 bits per heavy atom. The van der Waals surface area contributed by atoms with Gasteiger partial charge in [-0.25, -0.2) is 0 Å². The number of hydrogen-bond donors (Lipinski definition) is 2. The summed E-state index contributed by atoms with van der Waals surface area (Å²) in [6.45, 7) is 3.12. The Morgan fingerprint density at radius 3 is 2.90 bits per heavy atom. The van der Waals surface area contributed by atoms with Crippen LogP contribution in [0.5, 0.6) is 0 Å². The molecule has 0 bridgehead atoms. The Bertz CT molecular complexity index is 498. The predicted molar refractivity (Wildman–Crippen MR) is 80.7 cm³/mol. The van der Waals surface area contributed by atoms with Crippen molar-refractivity contribution in [1.29, 1.82) is 0 Å². The highest BCUT2D eigenvalue weighted by atomic mass is 16.1. The maximum Gasteiger partial charge on any atom is 0.234 e. The second-order valence-corrected chi connectivity index (χ2v) is 6.06. The summed E-state index contributed by atoms with van der Waals surface area (Å²) in [5, 5.41) is 3.35. The molecule has 4 nitrogen and oxygen atoms in total. The van der Waals surface area contributed by atoms with Gasteiger partial charge >= 0.3 is 0 Å². The van der Waals surface area contributed by atoms with Crippen molar-refractivity contribution in [2.45, 2.75) is 50.7 Å². The van der Waals surface area contributed by atoms with Gasteiger partial charge in [-0.1, -0.05) is 18.2 Å². The summed E-state index contributed by atoms with van der Waals surface area (Å²) in [5.41, 5.74) is 8.23. The standard InChI is InChI=1S/C16H23N3O/c1-11-10-12-4-2-3-5-15(12)19(11)9-8-14(16(17)20)18-13-6-7-13/h2-5,11,13-14,18H,6-10H2,1H3,(H2,17,20). The number of carbonyl (C=O) groups is 1. The number of fused-ring (bicyclic) bond motifs is 1. The van der Waals surface area contributed by atoms with Crippen molar-refractivity contribution in [3.63, 3.8) is 0 Å². The number of rotatable bonds is 6. The molecule has 0 spiro atoms. The molecule has 2 aliphatic rings. The maximum absolute atomic E-state index is 11.5. The highest BCUT2D eigenvalue weighted by Crippen LogP contribution is 2.32. The van der Waals surface area contributed by atoms with Crippen molar-refractivity contribution in [1.82, 2.24) is 5.32 Å². The monoisotopic (exact) mass is 273 g/mol. The number of hydrogen-bond acceptors (Lipinski definition) is 3. The fraction of sp³-hybridized carbons (Fsp3) is 0.562. The molecule has 108 valence electrons. The molecule has 0 aromatic heterocycles. The summed E-state index contributed by atoms with van der Waals surface area (Å²) in [5.74, 6) is -0.225. The molecule has 2 atom stereocenters. The van der Waals surface area contributed by atoms with E-state index in [0.717, 1.165) is 19.4 Å². The Balaban J connectivity index is 1.63. The van der Waals surface area contributed by atoms with Crippen molar-refractivity contribution in [2.24, 2.45) is 5.73 Å². The van der Waals surface area contributed by atoms with Crippen LogP contribution in [0.25, 0.3) is 0 Å². The molecule has 0 radical (unpaired) electrons. The number of nitrogens with two attached hydrogens (primary N) is 1. The van der Waals surface area contributed by atoms with Gasteiger partial charge in [-0.2, -0.15) is 0 Å². The number of nitrogens with zero attached hydrogens (tertiary/aromatic N) is 1. The Kier molecular flexibility index (Phi) is 3.66. The van der Waals surface area contributed by atoms with Gasteiger partial charge in [0.15, 0.2) is 0 Å². The lowest BCUT2D eigenvalue weighted by atomic mass is 10.1. The van der Waals surface area contributed by atoms with Crippen LogP contribution >= 0.6 is 0 Å². The molecule has 1 aliphatic carbocycles. The minimum atomic E-state index is -0.225. The molecule has 20 heavy (non-hydrogen) atoms. The highest BCUT2D eigenvalue weighted by Gasteiger charge is 2.30. The van der Waals surface area contributed by atoms with Gasteiger partial charge in [0.05, 0.1) is 6.04 Å². The van der Waals surface area contributed by atoms with Crippen LogP contribution in [-0.4, -0.2) is 30.6 Å². The minimum Gasteiger partial charge on any atom is -0.368 e. The Labute approximate surface area is 120 Å². The van der Waals surface area contributed by atoms with Gasteiger partial charge in [-0.3, -0.25) is 4.79 Å². The number of carbonyl (C=O) groups excluding carboxylic acids is 1. The summed E-state index contributed by atoms with van der Waals surface area (Å²) in [6.07, 6.45) is 4.22. The molecule has 1 amide bonds. The van der Waals surface area contributed by atoms with Crippen LogP contribution in [0.3, 0.4) is 0 Å². The van der Waals surface area contributed by atoms with Gasteiger partial charge in [0.1, 0.15) is 0 Å². The van der Waals surface area contributed by atoms with Gasteiger partial charge < -0.3 is 16.0 Å². The van der Waals surface area contributed by atoms with Crippen LogP contribution in [0.4, 0.5) is 5.69 Å². The van der Waals surface area contributed by atoms with E-state index < -0.39 is 0 Å². The normalized spacial score (nSPS) is 22.6. The smallest absolute Gasteiger partial charge is 0.234 e. The second-order valence-electron chi connectivity index (χ2n) is 6.06. The molecule has 1 aromatic rings. The summed E-state index contributed by atoms with van der Waals surface area (Å²) in [4.78, 5) is 13.9. The van der Waals surface area contributed by atoms with E-state index in [2.05, 4.69) is 41.4 Å². The van der Waals surface area contributed by atoms with Crippen LogP contribution in [0.1, 0.15) is 31.7 Å². The first-order valence-electron chi connectivity index (χ1n) is 7.55. The van der Waals surface area contributed by atoms with E-state index in [1.54, 1.807) is 0 Å². The number of anilines is 1. The van der Waals surface area contributed by atoms with E-state index in [4.69, 9.17) is 5.73 Å². The summed E-state index contributed by atoms with van der Waals surface area (Å²) < 4.78 is 0. The van der Waals surface area contributed by atoms with Gasteiger partial charge in [0, 0.05) is 24.3 Å². The molecule has 0 saturated heterocycles. The molecule has 1 heterocycles. The SMILES string of the molecule is CC1Cc2ccccc2N1CCC(NC1CC1)C(N)=O. The second kappa shape index (κ2) is 5.44. The molecule has 1 saturated carbocycles. The quantitative estimate of drug-likeness (QED) is 0.824. The van der Waals surface area contributed by atoms with Crippen LogP contribution in [0.15, 0.2) is 24.3 Å². The Morgan fingerprint density at radius 2 is 2.20 bits per heavy atom. The maximum atomic E-state index is 11.5. The zero-order chi connectivity index (χ0) is 14.1. The third kappa shape index (κ3) is 2.80. The van der Waals surface area contributed by atoms with E-state index in [1.807, 2.05) is 0 Å². The first-order valence-corrected chi connectivity index (χ1v) is 7.55. The van der Waals surface area contributed by atoms with Crippen molar-refractivity contribution >= 4 is 11.6 Å². The fourth-order valence-electron chi connectivity index (χ4n) is 3.08. The van der Waals surface area contributed by atoms with Crippen molar-refractivity contribution in [3.8, 4) is 0 Å². The van der Waals surface area contributed by atoms with Crippen LogP contribution in [0.2, 0.25) is 0 Å². The molecular formula is C16H23N3O. The number of para-hydroxylation sites is 1. The highest BCUT2D eigenvalue weighted by molar-refractivity contribution is 5.80. The van der Waals surface area contributed by atoms with E-state index in [-0.39, 0.29) is 11.9 Å². The average molecular weight is 273 g/mol. The molecule has 1 fully saturated rings. The van der Waals surface area contributed by atoms with E-state index in [9.17, 15) is 4.79 Å². The van der Waals surface area contributed by atoms with E-state index >= 15 is 0 Å². The zero-order valence-electron chi connectivity index (χ0n) is 12.0. The topological polar surface area (TPSA) is 58.4 Å². The lowest BCUT2D eigenvalue weighted by Crippen LogP contribution is -2.45. The van der Waals surface area contributed by atoms with E-state index in [1.165, 1.54) is 24.1 Å². The van der Waals surface area contributed by atoms with Gasteiger partial charge in [-0.15, -0.1) is 0 Å². The first-order chi connectivity index (χ1) is 9.65. The lowest BCUT2D eigenvalue weighted by molar-refractivity contribution is -0.120. The van der Waals surface area contributed by atoms with Crippen LogP contribution in [0, 0.1) is 0 Å². The lowest BCUT2D eigenvalue weighted by Gasteiger charge is -2.27. The number of amides is 1. The largest absolute Gasteiger partial charge is 0.368 e. The van der Waals surface area contributed by atoms with Gasteiger partial charge in [-0.05, 0) is 44.2 Å². The number of nitrogens with one attached hydrogen (secondary N) is 1. The van der Waals surface area contributed by atoms with Gasteiger partial charge in [0.25, 0.3) is 0 Å². The van der Waals surface area contributed by atoms with Crippen LogP contribution in [-0.2, 0) is 11.2 Å². The summed E-state index contributed by atoms with van der Waals surface area (Å²) >= 11 is 0. The van der Waals surface area contributed by atoms with Crippen molar-refractivity contribution < 1.29 is 4.79 Å². The third-order valence-corrected chi connectivity index (χ3v) is 4.36. The number of benzene rings is 1. The predicted octanol–water partition coefficient (Wildman–Crippen LogP) is 1.43. The Hall–Kier alpha value is -1.55. The van der Waals surface area contributed by atoms with Crippen molar-refractivity contribution in [2.75, 3.05) is 11.4 Å². The molecular weight excluding hydrogens is 250 g/mol. The third-order valence-electron chi connectivity index (χ3n) is 4.36. The fourth-order valence-corrected chi connectivity index (χ4v) is 3.08. The molecule has 2 unspecified atom stereocenters. The first kappa shape index (κ1) is 13.4. The molecule has 1 aliphatic heterocycles. The molecule has 3 rings (SSSR count).